The SMILES string of the molecule is CCC(C)c1ccc(C(O)C(C)NCCOC)cc1. The topological polar surface area (TPSA) is 41.5 Å². The van der Waals surface area contributed by atoms with Crippen LogP contribution in [-0.2, 0) is 4.74 Å². The first kappa shape index (κ1) is 16.2. The number of aliphatic hydroxyl groups is 1. The lowest BCUT2D eigenvalue weighted by atomic mass is 9.95. The Hall–Kier alpha value is -0.900. The molecule has 3 heteroatoms. The summed E-state index contributed by atoms with van der Waals surface area (Å²) in [5.41, 5.74) is 2.29. The number of benzene rings is 1. The van der Waals surface area contributed by atoms with Crippen LogP contribution < -0.4 is 5.32 Å². The summed E-state index contributed by atoms with van der Waals surface area (Å²) in [5, 5.41) is 13.5. The molecule has 19 heavy (non-hydrogen) atoms. The van der Waals surface area contributed by atoms with Crippen LogP contribution in [0.5, 0.6) is 0 Å². The fraction of sp³-hybridized carbons (Fsp3) is 0.625. The van der Waals surface area contributed by atoms with E-state index >= 15 is 0 Å². The van der Waals surface area contributed by atoms with Gasteiger partial charge >= 0.3 is 0 Å². The minimum Gasteiger partial charge on any atom is -0.387 e. The zero-order valence-corrected chi connectivity index (χ0v) is 12.5. The van der Waals surface area contributed by atoms with Crippen LogP contribution in [-0.4, -0.2) is 31.4 Å². The van der Waals surface area contributed by atoms with Gasteiger partial charge in [-0.15, -0.1) is 0 Å². The van der Waals surface area contributed by atoms with Crippen molar-refractivity contribution in [1.82, 2.24) is 5.32 Å². The summed E-state index contributed by atoms with van der Waals surface area (Å²) in [6.45, 7) is 7.81. The van der Waals surface area contributed by atoms with Crippen LogP contribution in [0.25, 0.3) is 0 Å². The van der Waals surface area contributed by atoms with Crippen molar-refractivity contribution in [3.63, 3.8) is 0 Å². The van der Waals surface area contributed by atoms with E-state index in [9.17, 15) is 5.11 Å². The van der Waals surface area contributed by atoms with Crippen molar-refractivity contribution in [3.8, 4) is 0 Å². The Labute approximate surface area is 117 Å². The van der Waals surface area contributed by atoms with Crippen molar-refractivity contribution in [3.05, 3.63) is 35.4 Å². The lowest BCUT2D eigenvalue weighted by Crippen LogP contribution is -2.34. The molecule has 0 aliphatic carbocycles. The normalized spacial score (nSPS) is 16.1. The Kier molecular flexibility index (Phi) is 7.06. The van der Waals surface area contributed by atoms with Gasteiger partial charge in [0.15, 0.2) is 0 Å². The number of aliphatic hydroxyl groups excluding tert-OH is 1. The highest BCUT2D eigenvalue weighted by Gasteiger charge is 2.15. The predicted octanol–water partition coefficient (Wildman–Crippen LogP) is 2.86. The molecule has 0 heterocycles. The van der Waals surface area contributed by atoms with E-state index in [-0.39, 0.29) is 6.04 Å². The monoisotopic (exact) mass is 265 g/mol. The number of hydrogen-bond donors (Lipinski definition) is 2. The summed E-state index contributed by atoms with van der Waals surface area (Å²) in [6, 6.07) is 8.31. The van der Waals surface area contributed by atoms with Gasteiger partial charge in [-0.2, -0.15) is 0 Å². The average Bonchev–Trinajstić information content (AvgIpc) is 2.46. The van der Waals surface area contributed by atoms with Gasteiger partial charge in [0.1, 0.15) is 0 Å². The number of hydrogen-bond acceptors (Lipinski definition) is 3. The van der Waals surface area contributed by atoms with Crippen LogP contribution >= 0.6 is 0 Å². The standard InChI is InChI=1S/C16H27NO2/c1-5-12(2)14-6-8-15(9-7-14)16(18)13(3)17-10-11-19-4/h6-9,12-13,16-18H,5,10-11H2,1-4H3. The minimum absolute atomic E-state index is 0.0181. The van der Waals surface area contributed by atoms with Gasteiger partial charge < -0.3 is 15.2 Å². The van der Waals surface area contributed by atoms with E-state index < -0.39 is 6.10 Å². The van der Waals surface area contributed by atoms with Gasteiger partial charge in [0.25, 0.3) is 0 Å². The molecule has 0 aliphatic rings. The van der Waals surface area contributed by atoms with E-state index in [1.54, 1.807) is 7.11 Å². The van der Waals surface area contributed by atoms with Crippen LogP contribution in [0, 0.1) is 0 Å². The van der Waals surface area contributed by atoms with Crippen molar-refractivity contribution in [1.29, 1.82) is 0 Å². The molecule has 1 aromatic carbocycles. The zero-order valence-electron chi connectivity index (χ0n) is 12.5. The van der Waals surface area contributed by atoms with E-state index in [2.05, 4.69) is 31.3 Å². The van der Waals surface area contributed by atoms with Gasteiger partial charge in [0, 0.05) is 19.7 Å². The number of nitrogens with one attached hydrogen (secondary N) is 1. The highest BCUT2D eigenvalue weighted by molar-refractivity contribution is 5.27. The molecule has 0 aliphatic heterocycles. The maximum absolute atomic E-state index is 10.3. The van der Waals surface area contributed by atoms with Crippen LogP contribution in [0.1, 0.15) is 50.3 Å². The molecule has 3 unspecified atom stereocenters. The summed E-state index contributed by atoms with van der Waals surface area (Å²) in [6.07, 6.45) is 0.652. The smallest absolute Gasteiger partial charge is 0.0940 e. The van der Waals surface area contributed by atoms with Gasteiger partial charge in [-0.05, 0) is 30.4 Å². The molecule has 0 fully saturated rings. The summed E-state index contributed by atoms with van der Waals surface area (Å²) in [4.78, 5) is 0. The van der Waals surface area contributed by atoms with E-state index in [1.165, 1.54) is 5.56 Å². The molecule has 0 spiro atoms. The molecule has 3 nitrogen and oxygen atoms in total. The van der Waals surface area contributed by atoms with Crippen LogP contribution in [0.3, 0.4) is 0 Å². The molecule has 0 amide bonds. The zero-order chi connectivity index (χ0) is 14.3. The maximum atomic E-state index is 10.3. The molecule has 0 radical (unpaired) electrons. The maximum Gasteiger partial charge on any atom is 0.0940 e. The molecule has 108 valence electrons. The van der Waals surface area contributed by atoms with Crippen molar-refractivity contribution in [2.24, 2.45) is 0 Å². The summed E-state index contributed by atoms with van der Waals surface area (Å²) < 4.78 is 4.99. The fourth-order valence-electron chi connectivity index (χ4n) is 2.05. The van der Waals surface area contributed by atoms with Crippen molar-refractivity contribution in [2.75, 3.05) is 20.3 Å². The Balaban J connectivity index is 2.59. The van der Waals surface area contributed by atoms with E-state index in [0.717, 1.165) is 18.5 Å². The Morgan fingerprint density at radius 3 is 2.26 bits per heavy atom. The van der Waals surface area contributed by atoms with Gasteiger partial charge in [-0.25, -0.2) is 0 Å². The first-order valence-electron chi connectivity index (χ1n) is 7.10. The summed E-state index contributed by atoms with van der Waals surface area (Å²) in [7, 11) is 1.68. The van der Waals surface area contributed by atoms with E-state index in [4.69, 9.17) is 4.74 Å². The largest absolute Gasteiger partial charge is 0.387 e. The molecule has 3 atom stereocenters. The Morgan fingerprint density at radius 2 is 1.74 bits per heavy atom. The molecule has 0 saturated carbocycles. The summed E-state index contributed by atoms with van der Waals surface area (Å²) >= 11 is 0. The van der Waals surface area contributed by atoms with Gasteiger partial charge in [0.05, 0.1) is 12.7 Å². The third kappa shape index (κ3) is 4.94. The van der Waals surface area contributed by atoms with Crippen LogP contribution in [0.4, 0.5) is 0 Å². The number of methoxy groups -OCH3 is 1. The predicted molar refractivity (Wildman–Crippen MR) is 79.4 cm³/mol. The molecular weight excluding hydrogens is 238 g/mol. The van der Waals surface area contributed by atoms with Gasteiger partial charge in [0.2, 0.25) is 0 Å². The molecule has 1 aromatic rings. The molecule has 0 saturated heterocycles. The second kappa shape index (κ2) is 8.31. The highest BCUT2D eigenvalue weighted by Crippen LogP contribution is 2.22. The van der Waals surface area contributed by atoms with Crippen molar-refractivity contribution in [2.45, 2.75) is 45.3 Å². The first-order valence-corrected chi connectivity index (χ1v) is 7.10. The third-order valence-corrected chi connectivity index (χ3v) is 3.71. The first-order chi connectivity index (χ1) is 9.10. The number of rotatable bonds is 8. The molecular formula is C16H27NO2. The fourth-order valence-corrected chi connectivity index (χ4v) is 2.05. The molecule has 2 N–H and O–H groups in total. The van der Waals surface area contributed by atoms with Gasteiger partial charge in [-0.1, -0.05) is 38.1 Å². The van der Waals surface area contributed by atoms with Crippen molar-refractivity contribution >= 4 is 0 Å². The lowest BCUT2D eigenvalue weighted by Gasteiger charge is -2.21. The number of ether oxygens (including phenoxy) is 1. The summed E-state index contributed by atoms with van der Waals surface area (Å²) in [5.74, 6) is 0.573. The lowest BCUT2D eigenvalue weighted by molar-refractivity contribution is 0.126. The molecule has 0 aromatic heterocycles. The second-order valence-corrected chi connectivity index (χ2v) is 5.16. The van der Waals surface area contributed by atoms with E-state index in [0.29, 0.717) is 12.5 Å². The average molecular weight is 265 g/mol. The Bertz CT molecular complexity index is 350. The quantitative estimate of drug-likeness (QED) is 0.710. The van der Waals surface area contributed by atoms with Crippen molar-refractivity contribution < 1.29 is 9.84 Å². The van der Waals surface area contributed by atoms with Crippen LogP contribution in [0.2, 0.25) is 0 Å². The minimum atomic E-state index is -0.483. The highest BCUT2D eigenvalue weighted by atomic mass is 16.5. The van der Waals surface area contributed by atoms with Gasteiger partial charge in [-0.3, -0.25) is 0 Å². The second-order valence-electron chi connectivity index (χ2n) is 5.16. The van der Waals surface area contributed by atoms with Crippen LogP contribution in [0.15, 0.2) is 24.3 Å². The Morgan fingerprint density at radius 1 is 1.16 bits per heavy atom. The van der Waals surface area contributed by atoms with E-state index in [1.807, 2.05) is 19.1 Å². The molecule has 1 rings (SSSR count). The molecule has 0 bridgehead atoms. The third-order valence-electron chi connectivity index (χ3n) is 3.71.